The van der Waals surface area contributed by atoms with E-state index in [1.165, 1.54) is 18.0 Å². The lowest BCUT2D eigenvalue weighted by atomic mass is 10.0. The summed E-state index contributed by atoms with van der Waals surface area (Å²) in [4.78, 5) is 21.1. The number of amides is 1. The Morgan fingerprint density at radius 2 is 1.71 bits per heavy atom. The maximum absolute atomic E-state index is 12.6. The van der Waals surface area contributed by atoms with E-state index in [-0.39, 0.29) is 5.91 Å². The van der Waals surface area contributed by atoms with E-state index in [0.29, 0.717) is 17.4 Å². The Hall–Kier alpha value is -3.21. The van der Waals surface area contributed by atoms with E-state index in [1.807, 2.05) is 37.3 Å². The number of carbonyl (C=O) groups excluding carboxylic acids is 1. The normalized spacial score (nSPS) is 10.8. The molecular weight excluding hydrogens is 348 g/mol. The van der Waals surface area contributed by atoms with Crippen molar-refractivity contribution < 1.29 is 4.79 Å². The van der Waals surface area contributed by atoms with Crippen molar-refractivity contribution in [2.45, 2.75) is 40.0 Å². The van der Waals surface area contributed by atoms with Gasteiger partial charge in [0.2, 0.25) is 5.95 Å². The molecule has 3 rings (SSSR count). The molecule has 0 bridgehead atoms. The molecule has 0 fully saturated rings. The molecule has 1 aromatic heterocycles. The number of aryl methyl sites for hydroxylation is 2. The maximum Gasteiger partial charge on any atom is 0.258 e. The molecule has 1 amide bonds. The van der Waals surface area contributed by atoms with Gasteiger partial charge in [-0.3, -0.25) is 4.79 Å². The largest absolute Gasteiger partial charge is 0.324 e. The molecule has 144 valence electrons. The molecule has 5 nitrogen and oxygen atoms in total. The highest BCUT2D eigenvalue weighted by Crippen LogP contribution is 2.22. The Balaban J connectivity index is 1.69. The van der Waals surface area contributed by atoms with Crippen LogP contribution in [0.2, 0.25) is 0 Å². The quantitative estimate of drug-likeness (QED) is 0.601. The van der Waals surface area contributed by atoms with Gasteiger partial charge in [-0.2, -0.15) is 0 Å². The summed E-state index contributed by atoms with van der Waals surface area (Å²) in [5.74, 6) is 0.736. The number of nitrogens with zero attached hydrogens (tertiary/aromatic N) is 2. The number of rotatable bonds is 6. The van der Waals surface area contributed by atoms with Crippen LogP contribution in [0.1, 0.15) is 53.7 Å². The van der Waals surface area contributed by atoms with E-state index in [4.69, 9.17) is 0 Å². The van der Waals surface area contributed by atoms with Crippen LogP contribution in [0.15, 0.2) is 54.9 Å². The summed E-state index contributed by atoms with van der Waals surface area (Å²) >= 11 is 0. The Kier molecular flexibility index (Phi) is 6.04. The number of carbonyl (C=O) groups is 1. The molecule has 0 atom stereocenters. The second-order valence-corrected chi connectivity index (χ2v) is 7.11. The smallest absolute Gasteiger partial charge is 0.258 e. The number of benzene rings is 2. The minimum Gasteiger partial charge on any atom is -0.324 e. The van der Waals surface area contributed by atoms with Crippen molar-refractivity contribution in [3.05, 3.63) is 77.1 Å². The van der Waals surface area contributed by atoms with Crippen LogP contribution in [0.3, 0.4) is 0 Å². The van der Waals surface area contributed by atoms with Gasteiger partial charge in [0.25, 0.3) is 5.91 Å². The van der Waals surface area contributed by atoms with Crippen LogP contribution in [0.5, 0.6) is 0 Å². The first kappa shape index (κ1) is 19.5. The van der Waals surface area contributed by atoms with Gasteiger partial charge in [0.1, 0.15) is 0 Å². The average molecular weight is 374 g/mol. The van der Waals surface area contributed by atoms with Gasteiger partial charge in [-0.25, -0.2) is 9.97 Å². The fourth-order valence-corrected chi connectivity index (χ4v) is 2.98. The molecule has 2 aromatic carbocycles. The van der Waals surface area contributed by atoms with Gasteiger partial charge >= 0.3 is 0 Å². The number of para-hydroxylation sites is 1. The molecule has 1 heterocycles. The summed E-state index contributed by atoms with van der Waals surface area (Å²) in [6.45, 7) is 8.38. The molecule has 0 aliphatic heterocycles. The third kappa shape index (κ3) is 4.55. The van der Waals surface area contributed by atoms with Crippen LogP contribution in [0.25, 0.3) is 0 Å². The molecule has 0 radical (unpaired) electrons. The predicted octanol–water partition coefficient (Wildman–Crippen LogP) is 5.47. The van der Waals surface area contributed by atoms with Crippen LogP contribution in [0.4, 0.5) is 17.3 Å². The van der Waals surface area contributed by atoms with Crippen molar-refractivity contribution >= 4 is 23.2 Å². The van der Waals surface area contributed by atoms with Crippen LogP contribution in [0, 0.1) is 6.92 Å². The molecule has 3 aromatic rings. The first-order valence-electron chi connectivity index (χ1n) is 9.56. The van der Waals surface area contributed by atoms with Crippen molar-refractivity contribution in [1.29, 1.82) is 0 Å². The highest BCUT2D eigenvalue weighted by molar-refractivity contribution is 6.04. The first-order valence-corrected chi connectivity index (χ1v) is 9.56. The van der Waals surface area contributed by atoms with E-state index in [2.05, 4.69) is 53.5 Å². The van der Waals surface area contributed by atoms with Crippen molar-refractivity contribution in [2.24, 2.45) is 0 Å². The third-order valence-electron chi connectivity index (χ3n) is 4.73. The summed E-state index contributed by atoms with van der Waals surface area (Å²) in [6.07, 6.45) is 3.93. The standard InChI is InChI=1S/C23H26N4O/c1-5-17-8-6-7-16(4)21(17)27-22(28)19-13-24-23(25-14-19)26-20-11-9-18(10-12-20)15(2)3/h6-15H,5H2,1-4H3,(H,27,28)(H,24,25,26). The highest BCUT2D eigenvalue weighted by Gasteiger charge is 2.12. The van der Waals surface area contributed by atoms with Crippen molar-refractivity contribution in [3.63, 3.8) is 0 Å². The summed E-state index contributed by atoms with van der Waals surface area (Å²) < 4.78 is 0. The van der Waals surface area contributed by atoms with Crippen molar-refractivity contribution in [2.75, 3.05) is 10.6 Å². The van der Waals surface area contributed by atoms with Crippen molar-refractivity contribution in [1.82, 2.24) is 9.97 Å². The molecule has 5 heteroatoms. The number of nitrogens with one attached hydrogen (secondary N) is 2. The van der Waals surface area contributed by atoms with Gasteiger partial charge in [-0.05, 0) is 48.1 Å². The summed E-state index contributed by atoms with van der Waals surface area (Å²) in [7, 11) is 0. The summed E-state index contributed by atoms with van der Waals surface area (Å²) in [5.41, 5.74) is 5.62. The zero-order valence-electron chi connectivity index (χ0n) is 16.8. The predicted molar refractivity (Wildman–Crippen MR) is 114 cm³/mol. The SMILES string of the molecule is CCc1cccc(C)c1NC(=O)c1cnc(Nc2ccc(C(C)C)cc2)nc1. The topological polar surface area (TPSA) is 66.9 Å². The average Bonchev–Trinajstić information content (AvgIpc) is 2.70. The number of hydrogen-bond donors (Lipinski definition) is 2. The lowest BCUT2D eigenvalue weighted by Gasteiger charge is -2.13. The fourth-order valence-electron chi connectivity index (χ4n) is 2.98. The lowest BCUT2D eigenvalue weighted by Crippen LogP contribution is -2.15. The van der Waals surface area contributed by atoms with E-state index in [0.717, 1.165) is 28.9 Å². The fraction of sp³-hybridized carbons (Fsp3) is 0.261. The number of aromatic nitrogens is 2. The second kappa shape index (κ2) is 8.65. The minimum absolute atomic E-state index is 0.211. The molecule has 0 saturated carbocycles. The van der Waals surface area contributed by atoms with Gasteiger partial charge in [-0.1, -0.05) is 51.1 Å². The van der Waals surface area contributed by atoms with E-state index in [1.54, 1.807) is 0 Å². The van der Waals surface area contributed by atoms with Gasteiger partial charge in [0.05, 0.1) is 5.56 Å². The first-order chi connectivity index (χ1) is 13.5. The lowest BCUT2D eigenvalue weighted by molar-refractivity contribution is 0.102. The Labute approximate surface area is 166 Å². The minimum atomic E-state index is -0.211. The summed E-state index contributed by atoms with van der Waals surface area (Å²) in [5, 5.41) is 6.15. The maximum atomic E-state index is 12.6. The molecule has 0 aliphatic rings. The van der Waals surface area contributed by atoms with Crippen molar-refractivity contribution in [3.8, 4) is 0 Å². The monoisotopic (exact) mass is 374 g/mol. The summed E-state index contributed by atoms with van der Waals surface area (Å²) in [6, 6.07) is 14.2. The Morgan fingerprint density at radius 3 is 2.32 bits per heavy atom. The number of anilines is 3. The van der Waals surface area contributed by atoms with Crippen LogP contribution in [-0.4, -0.2) is 15.9 Å². The molecule has 0 saturated heterocycles. The van der Waals surface area contributed by atoms with Crippen LogP contribution in [-0.2, 0) is 6.42 Å². The zero-order chi connectivity index (χ0) is 20.1. The second-order valence-electron chi connectivity index (χ2n) is 7.11. The van der Waals surface area contributed by atoms with E-state index in [9.17, 15) is 4.79 Å². The van der Waals surface area contributed by atoms with E-state index < -0.39 is 0 Å². The van der Waals surface area contributed by atoms with Crippen LogP contribution < -0.4 is 10.6 Å². The number of hydrogen-bond acceptors (Lipinski definition) is 4. The van der Waals surface area contributed by atoms with Gasteiger partial charge in [0.15, 0.2) is 0 Å². The molecule has 0 unspecified atom stereocenters. The molecule has 0 aliphatic carbocycles. The Morgan fingerprint density at radius 1 is 1.04 bits per heavy atom. The molecule has 28 heavy (non-hydrogen) atoms. The van der Waals surface area contributed by atoms with Gasteiger partial charge < -0.3 is 10.6 Å². The van der Waals surface area contributed by atoms with Gasteiger partial charge in [0, 0.05) is 23.8 Å². The molecule has 0 spiro atoms. The van der Waals surface area contributed by atoms with Crippen LogP contribution >= 0.6 is 0 Å². The third-order valence-corrected chi connectivity index (χ3v) is 4.73. The Bertz CT molecular complexity index is 947. The van der Waals surface area contributed by atoms with Gasteiger partial charge in [-0.15, -0.1) is 0 Å². The molecular formula is C23H26N4O. The van der Waals surface area contributed by atoms with E-state index >= 15 is 0 Å². The zero-order valence-corrected chi connectivity index (χ0v) is 16.8. The highest BCUT2D eigenvalue weighted by atomic mass is 16.1. The molecule has 2 N–H and O–H groups in total.